The minimum Gasteiger partial charge on any atom is -0.456 e. The molecule has 0 spiro atoms. The fourth-order valence-corrected chi connectivity index (χ4v) is 2.28. The topological polar surface area (TPSA) is 77.6 Å². The molecule has 3 N–H and O–H groups in total. The van der Waals surface area contributed by atoms with Crippen LogP contribution in [0, 0.1) is 5.41 Å². The molecule has 3 rings (SSSR count). The van der Waals surface area contributed by atoms with E-state index in [4.69, 9.17) is 25.4 Å². The van der Waals surface area contributed by atoms with Crippen molar-refractivity contribution in [2.24, 2.45) is 5.73 Å². The van der Waals surface area contributed by atoms with E-state index in [1.54, 1.807) is 36.4 Å². The highest BCUT2D eigenvalue weighted by Gasteiger charge is 2.14. The zero-order valence-corrected chi connectivity index (χ0v) is 11.9. The summed E-state index contributed by atoms with van der Waals surface area (Å²) in [6.45, 7) is 0.232. The van der Waals surface area contributed by atoms with Gasteiger partial charge >= 0.3 is 0 Å². The molecule has 6 heteroatoms. The lowest BCUT2D eigenvalue weighted by molar-refractivity contribution is 0.174. The maximum atomic E-state index is 7.39. The summed E-state index contributed by atoms with van der Waals surface area (Å²) in [6.07, 6.45) is 0. The van der Waals surface area contributed by atoms with Crippen molar-refractivity contribution in [3.63, 3.8) is 0 Å². The third-order valence-corrected chi connectivity index (χ3v) is 3.43. The first kappa shape index (κ1) is 12.8. The maximum absolute atomic E-state index is 7.39. The van der Waals surface area contributed by atoms with E-state index in [9.17, 15) is 0 Å². The summed E-state index contributed by atoms with van der Waals surface area (Å²) in [4.78, 5) is 0. The Hall–Kier alpha value is -2.21. The molecule has 2 aromatic carbocycles. The third-order valence-electron chi connectivity index (χ3n) is 2.81. The molecular formula is C14H11BrN2O3. The van der Waals surface area contributed by atoms with Gasteiger partial charge < -0.3 is 19.9 Å². The highest BCUT2D eigenvalue weighted by Crippen LogP contribution is 2.38. The predicted octanol–water partition coefficient (Wildman–Crippen LogP) is 3.25. The van der Waals surface area contributed by atoms with Crippen molar-refractivity contribution < 1.29 is 14.2 Å². The van der Waals surface area contributed by atoms with Gasteiger partial charge in [-0.3, -0.25) is 5.41 Å². The van der Waals surface area contributed by atoms with Crippen molar-refractivity contribution in [2.45, 2.75) is 0 Å². The summed E-state index contributed by atoms with van der Waals surface area (Å²) >= 11 is 3.40. The van der Waals surface area contributed by atoms with E-state index in [2.05, 4.69) is 15.9 Å². The van der Waals surface area contributed by atoms with Crippen LogP contribution < -0.4 is 19.9 Å². The van der Waals surface area contributed by atoms with Gasteiger partial charge in [0.2, 0.25) is 6.79 Å². The molecule has 2 aromatic rings. The smallest absolute Gasteiger partial charge is 0.231 e. The van der Waals surface area contributed by atoms with Gasteiger partial charge in [-0.1, -0.05) is 0 Å². The fraction of sp³-hybridized carbons (Fsp3) is 0.0714. The molecule has 1 aliphatic heterocycles. The van der Waals surface area contributed by atoms with Crippen molar-refractivity contribution in [3.05, 3.63) is 46.4 Å². The summed E-state index contributed by atoms with van der Waals surface area (Å²) in [7, 11) is 0. The van der Waals surface area contributed by atoms with E-state index in [-0.39, 0.29) is 12.6 Å². The molecule has 0 unspecified atom stereocenters. The van der Waals surface area contributed by atoms with Crippen LogP contribution in [0.2, 0.25) is 0 Å². The van der Waals surface area contributed by atoms with Gasteiger partial charge in [0.1, 0.15) is 17.3 Å². The number of nitrogen functional groups attached to an aromatic ring is 1. The van der Waals surface area contributed by atoms with Crippen molar-refractivity contribution in [3.8, 4) is 23.0 Å². The highest BCUT2D eigenvalue weighted by molar-refractivity contribution is 9.10. The van der Waals surface area contributed by atoms with E-state index in [1.807, 2.05) is 0 Å². The zero-order chi connectivity index (χ0) is 14.1. The number of ether oxygens (including phenoxy) is 3. The second kappa shape index (κ2) is 5.05. The van der Waals surface area contributed by atoms with Gasteiger partial charge in [-0.2, -0.15) is 0 Å². The number of rotatable bonds is 3. The first-order valence-corrected chi connectivity index (χ1v) is 6.64. The van der Waals surface area contributed by atoms with Gasteiger partial charge in [0.25, 0.3) is 0 Å². The lowest BCUT2D eigenvalue weighted by Gasteiger charge is -2.09. The van der Waals surface area contributed by atoms with Gasteiger partial charge in [-0.15, -0.1) is 0 Å². The molecule has 5 nitrogen and oxygen atoms in total. The van der Waals surface area contributed by atoms with Crippen LogP contribution in [0.4, 0.5) is 0 Å². The molecule has 0 amide bonds. The highest BCUT2D eigenvalue weighted by atomic mass is 79.9. The molecule has 0 bridgehead atoms. The summed E-state index contributed by atoms with van der Waals surface area (Å²) in [6, 6.07) is 10.6. The van der Waals surface area contributed by atoms with E-state index in [0.717, 1.165) is 4.47 Å². The number of benzene rings is 2. The van der Waals surface area contributed by atoms with Crippen LogP contribution in [0.25, 0.3) is 0 Å². The maximum Gasteiger partial charge on any atom is 0.231 e. The van der Waals surface area contributed by atoms with Crippen molar-refractivity contribution >= 4 is 21.8 Å². The third kappa shape index (κ3) is 2.42. The Balaban J connectivity index is 1.86. The first-order chi connectivity index (χ1) is 9.63. The van der Waals surface area contributed by atoms with Crippen molar-refractivity contribution in [1.29, 1.82) is 5.41 Å². The molecule has 0 fully saturated rings. The van der Waals surface area contributed by atoms with E-state index < -0.39 is 0 Å². The molecule has 0 aromatic heterocycles. The SMILES string of the molecule is N=C(N)c1ccc(Oc2ccc3c(c2)OCO3)c(Br)c1. The molecule has 1 heterocycles. The Labute approximate surface area is 123 Å². The predicted molar refractivity (Wildman–Crippen MR) is 77.8 cm³/mol. The molecule has 0 atom stereocenters. The summed E-state index contributed by atoms with van der Waals surface area (Å²) < 4.78 is 17.0. The Morgan fingerprint density at radius 3 is 2.70 bits per heavy atom. The van der Waals surface area contributed by atoms with E-state index in [0.29, 0.717) is 28.6 Å². The fourth-order valence-electron chi connectivity index (χ4n) is 1.82. The molecule has 102 valence electrons. The van der Waals surface area contributed by atoms with Crippen LogP contribution in [0.3, 0.4) is 0 Å². The van der Waals surface area contributed by atoms with Crippen LogP contribution in [0.1, 0.15) is 5.56 Å². The molecule has 20 heavy (non-hydrogen) atoms. The number of fused-ring (bicyclic) bond motifs is 1. The van der Waals surface area contributed by atoms with Crippen LogP contribution in [-0.4, -0.2) is 12.6 Å². The monoisotopic (exact) mass is 334 g/mol. The Morgan fingerprint density at radius 1 is 1.15 bits per heavy atom. The Morgan fingerprint density at radius 2 is 1.95 bits per heavy atom. The minimum atomic E-state index is 0.0142. The van der Waals surface area contributed by atoms with Crippen molar-refractivity contribution in [1.82, 2.24) is 0 Å². The quantitative estimate of drug-likeness (QED) is 0.667. The second-order valence-electron chi connectivity index (χ2n) is 4.18. The van der Waals surface area contributed by atoms with Crippen LogP contribution in [0.5, 0.6) is 23.0 Å². The summed E-state index contributed by atoms with van der Waals surface area (Å²) in [5.41, 5.74) is 6.07. The molecule has 0 saturated heterocycles. The molecule has 0 radical (unpaired) electrons. The number of halogens is 1. The van der Waals surface area contributed by atoms with Gasteiger partial charge in [0.05, 0.1) is 4.47 Å². The van der Waals surface area contributed by atoms with Gasteiger partial charge in [-0.25, -0.2) is 0 Å². The van der Waals surface area contributed by atoms with Gasteiger partial charge in [0.15, 0.2) is 11.5 Å². The number of amidine groups is 1. The Bertz CT molecular complexity index is 688. The minimum absolute atomic E-state index is 0.0142. The summed E-state index contributed by atoms with van der Waals surface area (Å²) in [5.74, 6) is 2.67. The Kier molecular flexibility index (Phi) is 3.23. The molecular weight excluding hydrogens is 324 g/mol. The normalized spacial score (nSPS) is 12.2. The number of nitrogens with two attached hydrogens (primary N) is 1. The average molecular weight is 335 g/mol. The second-order valence-corrected chi connectivity index (χ2v) is 5.03. The first-order valence-electron chi connectivity index (χ1n) is 5.85. The average Bonchev–Trinajstić information content (AvgIpc) is 2.88. The molecule has 0 aliphatic carbocycles. The molecule has 0 saturated carbocycles. The van der Waals surface area contributed by atoms with Crippen LogP contribution in [0.15, 0.2) is 40.9 Å². The molecule has 1 aliphatic rings. The standard InChI is InChI=1S/C14H11BrN2O3/c15-10-5-8(14(16)17)1-3-11(10)20-9-2-4-12-13(6-9)19-7-18-12/h1-6H,7H2,(H3,16,17). The number of hydrogen-bond donors (Lipinski definition) is 2. The lowest BCUT2D eigenvalue weighted by atomic mass is 10.2. The summed E-state index contributed by atoms with van der Waals surface area (Å²) in [5, 5.41) is 7.39. The largest absolute Gasteiger partial charge is 0.456 e. The zero-order valence-electron chi connectivity index (χ0n) is 10.4. The number of hydrogen-bond acceptors (Lipinski definition) is 4. The van der Waals surface area contributed by atoms with Gasteiger partial charge in [0, 0.05) is 11.6 Å². The van der Waals surface area contributed by atoms with E-state index >= 15 is 0 Å². The lowest BCUT2D eigenvalue weighted by Crippen LogP contribution is -2.10. The van der Waals surface area contributed by atoms with Gasteiger partial charge in [-0.05, 0) is 46.3 Å². The van der Waals surface area contributed by atoms with Crippen LogP contribution >= 0.6 is 15.9 Å². The van der Waals surface area contributed by atoms with E-state index in [1.165, 1.54) is 0 Å². The van der Waals surface area contributed by atoms with Crippen molar-refractivity contribution in [2.75, 3.05) is 6.79 Å². The van der Waals surface area contributed by atoms with Crippen LogP contribution in [-0.2, 0) is 0 Å². The number of nitrogens with one attached hydrogen (secondary N) is 1.